The Bertz CT molecular complexity index is 3910. The number of carboxylic acids is 1. The number of esters is 1. The highest BCUT2D eigenvalue weighted by molar-refractivity contribution is 5.93. The van der Waals surface area contributed by atoms with Gasteiger partial charge in [0.05, 0.1) is 108 Å². The average Bonchev–Trinajstić information content (AvgIpc) is 1.62. The first-order valence-corrected chi connectivity index (χ1v) is 41.1. The first-order chi connectivity index (χ1) is 57.4. The molecular weight excluding hydrogens is 1550 g/mol. The number of hydrogen-bond acceptors (Lipinski definition) is 22. The summed E-state index contributed by atoms with van der Waals surface area (Å²) in [7, 11) is 6.00. The summed E-state index contributed by atoms with van der Waals surface area (Å²) >= 11 is 0. The van der Waals surface area contributed by atoms with Crippen LogP contribution in [0.2, 0.25) is 0 Å². The van der Waals surface area contributed by atoms with Crippen LogP contribution in [-0.4, -0.2) is 265 Å². The number of aliphatic carboxylic acids is 1. The average molecular weight is 1680 g/mol. The van der Waals surface area contributed by atoms with Crippen molar-refractivity contribution >= 4 is 71.5 Å². The maximum Gasteiger partial charge on any atom is 0.410 e. The molecule has 1 aliphatic heterocycles. The Morgan fingerprint density at radius 2 is 1.21 bits per heavy atom. The number of carbonyl (C=O) groups is 12. The summed E-state index contributed by atoms with van der Waals surface area (Å²) in [5.41, 5.74) is 10.9. The normalized spacial score (nSPS) is 15.8. The van der Waals surface area contributed by atoms with Crippen LogP contribution >= 0.6 is 0 Å². The second-order valence-corrected chi connectivity index (χ2v) is 30.7. The number of nitrogens with one attached hydrogen (secondary N) is 7. The fourth-order valence-electron chi connectivity index (χ4n) is 14.7. The summed E-state index contributed by atoms with van der Waals surface area (Å²) < 4.78 is 51.0. The van der Waals surface area contributed by atoms with Crippen LogP contribution in [0.5, 0.6) is 5.75 Å². The smallest absolute Gasteiger partial charge is 0.410 e. The van der Waals surface area contributed by atoms with E-state index in [0.29, 0.717) is 36.9 Å². The van der Waals surface area contributed by atoms with Crippen molar-refractivity contribution in [3.8, 4) is 16.9 Å². The largest absolute Gasteiger partial charge is 0.481 e. The van der Waals surface area contributed by atoms with Gasteiger partial charge >= 0.3 is 30.2 Å². The molecule has 12 atom stereocenters. The van der Waals surface area contributed by atoms with Gasteiger partial charge in [-0.15, -0.1) is 0 Å². The number of amides is 11. The van der Waals surface area contributed by atoms with Crippen LogP contribution in [-0.2, 0) is 87.7 Å². The lowest BCUT2D eigenvalue weighted by Gasteiger charge is -2.41. The van der Waals surface area contributed by atoms with E-state index < -0.39 is 151 Å². The van der Waals surface area contributed by atoms with Crippen LogP contribution < -0.4 is 47.7 Å². The summed E-state index contributed by atoms with van der Waals surface area (Å²) in [5, 5.41) is 38.7. The number of aliphatic hydroxyl groups excluding tert-OH is 1. The molecule has 0 spiro atoms. The zero-order valence-corrected chi connectivity index (χ0v) is 71.1. The number of nitrogens with two attached hydrogens (primary N) is 1. The van der Waals surface area contributed by atoms with Crippen LogP contribution in [0.25, 0.3) is 11.1 Å². The minimum Gasteiger partial charge on any atom is -0.481 e. The maximum atomic E-state index is 14.9. The minimum atomic E-state index is -1.38. The number of carbonyl (C=O) groups excluding carboxylic acids is 11. The van der Waals surface area contributed by atoms with Crippen molar-refractivity contribution in [3.63, 3.8) is 0 Å². The predicted molar refractivity (Wildman–Crippen MR) is 442 cm³/mol. The summed E-state index contributed by atoms with van der Waals surface area (Å²) in [5.74, 6) is -8.16. The molecule has 1 aliphatic carbocycles. The van der Waals surface area contributed by atoms with Gasteiger partial charge in [-0.1, -0.05) is 146 Å². The van der Waals surface area contributed by atoms with Gasteiger partial charge in [0.25, 0.3) is 0 Å². The highest BCUT2D eigenvalue weighted by Gasteiger charge is 2.44. The van der Waals surface area contributed by atoms with Crippen LogP contribution in [0.3, 0.4) is 0 Å². The summed E-state index contributed by atoms with van der Waals surface area (Å²) in [4.78, 5) is 165. The van der Waals surface area contributed by atoms with Crippen molar-refractivity contribution in [2.24, 2.45) is 29.4 Å². The van der Waals surface area contributed by atoms with Gasteiger partial charge in [0.2, 0.25) is 41.4 Å². The minimum absolute atomic E-state index is 0.0104. The van der Waals surface area contributed by atoms with E-state index >= 15 is 0 Å². The number of carboxylic acid groups (broad SMARTS) is 1. The number of alkyl carbamates (subject to hydrolysis) is 1. The molecule has 6 rings (SSSR count). The van der Waals surface area contributed by atoms with Crippen molar-refractivity contribution < 1.29 is 110 Å². The number of rotatable bonds is 53. The Hall–Kier alpha value is -10.4. The Kier molecular flexibility index (Phi) is 42.1. The number of fused-ring (bicyclic) bond motifs is 3. The fraction of sp³-hybridized carbons (Fsp3) is 0.581. The molecule has 1 heterocycles. The predicted octanol–water partition coefficient (Wildman–Crippen LogP) is 5.88. The fourth-order valence-corrected chi connectivity index (χ4v) is 14.7. The highest BCUT2D eigenvalue weighted by atomic mass is 16.6. The third-order valence-corrected chi connectivity index (χ3v) is 21.3. The van der Waals surface area contributed by atoms with E-state index in [9.17, 15) is 67.7 Å². The van der Waals surface area contributed by atoms with Crippen LogP contribution in [0.1, 0.15) is 147 Å². The van der Waals surface area contributed by atoms with Crippen LogP contribution in [0, 0.1) is 23.7 Å². The molecule has 0 saturated carbocycles. The number of aliphatic hydroxyl groups is 1. The van der Waals surface area contributed by atoms with E-state index in [4.69, 9.17) is 48.4 Å². The topological polar surface area (TPSA) is 448 Å². The molecular formula is C86H125N11O23. The van der Waals surface area contributed by atoms with E-state index in [2.05, 4.69) is 61.5 Å². The van der Waals surface area contributed by atoms with Gasteiger partial charge in [0.15, 0.2) is 0 Å². The van der Waals surface area contributed by atoms with Gasteiger partial charge in [-0.3, -0.25) is 43.3 Å². The molecule has 662 valence electrons. The first-order valence-electron chi connectivity index (χ1n) is 41.1. The van der Waals surface area contributed by atoms with E-state index in [0.717, 1.165) is 27.2 Å². The number of hydrogen-bond donors (Lipinski definition) is 10. The molecule has 34 heteroatoms. The van der Waals surface area contributed by atoms with Crippen molar-refractivity contribution in [2.45, 2.75) is 186 Å². The van der Waals surface area contributed by atoms with Gasteiger partial charge in [-0.2, -0.15) is 0 Å². The van der Waals surface area contributed by atoms with Crippen molar-refractivity contribution in [2.75, 3.05) is 114 Å². The van der Waals surface area contributed by atoms with E-state index in [1.165, 1.54) is 50.4 Å². The first kappa shape index (κ1) is 98.5. The Balaban J connectivity index is 0.909. The van der Waals surface area contributed by atoms with Crippen LogP contribution in [0.15, 0.2) is 103 Å². The molecule has 34 nitrogen and oxygen atoms in total. The number of nitrogens with zero attached hydrogens (tertiary/aromatic N) is 3. The second-order valence-electron chi connectivity index (χ2n) is 30.7. The van der Waals surface area contributed by atoms with Crippen molar-refractivity contribution in [1.82, 2.24) is 51.9 Å². The zero-order valence-electron chi connectivity index (χ0n) is 71.1. The Morgan fingerprint density at radius 1 is 0.608 bits per heavy atom. The molecule has 0 unspecified atom stereocenters. The number of ether oxygens (including phenoxy) is 9. The van der Waals surface area contributed by atoms with E-state index in [1.54, 1.807) is 65.6 Å². The van der Waals surface area contributed by atoms with Gasteiger partial charge in [-0.25, -0.2) is 19.2 Å². The van der Waals surface area contributed by atoms with Crippen molar-refractivity contribution in [1.29, 1.82) is 0 Å². The second kappa shape index (κ2) is 51.3. The monoisotopic (exact) mass is 1680 g/mol. The lowest BCUT2D eigenvalue weighted by Crippen LogP contribution is -2.60. The quantitative estimate of drug-likeness (QED) is 0.0140. The third kappa shape index (κ3) is 31.0. The molecule has 0 bridgehead atoms. The van der Waals surface area contributed by atoms with Crippen LogP contribution in [0.4, 0.5) is 14.4 Å². The Labute approximate surface area is 702 Å². The lowest BCUT2D eigenvalue weighted by atomic mass is 9.89. The van der Waals surface area contributed by atoms with Gasteiger partial charge in [-0.05, 0) is 102 Å². The number of likely N-dealkylation sites (tertiary alicyclic amines) is 1. The SMILES string of the molecule is CC[C@H](C)[C@@H]([C@@H](CC(=O)N1CCC[C@H]1[C@H](OC)[C@@H](C)C(=O)N[C@H](C)[C@@H](O)c1ccccc1)OC)N(C)C(=O)[C@@H](NC(=O)[C@H](C(C)C)N(C)C(=O)OCc1ccc(OC(=O)[C@H](CCCNC(N)=O)NC(=O)CNC(=O)[C@H](CCC(=O)O)NC(=O)CCOCCOCCOCCOCCNC(=O)OCC2c3ccccc3-c3ccccc32)cc1)C(C)C. The molecule has 120 heavy (non-hydrogen) atoms. The summed E-state index contributed by atoms with van der Waals surface area (Å²) in [6.07, 6.45) is -3.16. The number of benzene rings is 4. The Morgan fingerprint density at radius 3 is 1.79 bits per heavy atom. The van der Waals surface area contributed by atoms with E-state index in [-0.39, 0.29) is 141 Å². The zero-order chi connectivity index (χ0) is 88.0. The molecule has 2 aliphatic rings. The number of primary amides is 1. The lowest BCUT2D eigenvalue weighted by molar-refractivity contribution is -0.148. The maximum absolute atomic E-state index is 14.9. The molecule has 1 saturated heterocycles. The molecule has 1 fully saturated rings. The molecule has 11 N–H and O–H groups in total. The highest BCUT2D eigenvalue weighted by Crippen LogP contribution is 2.44. The van der Waals surface area contributed by atoms with E-state index in [1.807, 2.05) is 56.3 Å². The molecule has 0 radical (unpaired) electrons. The summed E-state index contributed by atoms with van der Waals surface area (Å²) in [6, 6.07) is 23.5. The molecule has 0 aromatic heterocycles. The van der Waals surface area contributed by atoms with Gasteiger partial charge < -0.3 is 106 Å². The molecule has 11 amide bonds. The number of methoxy groups -OCH3 is 2. The molecule has 4 aromatic rings. The van der Waals surface area contributed by atoms with Gasteiger partial charge in [0, 0.05) is 66.7 Å². The van der Waals surface area contributed by atoms with Gasteiger partial charge in [0.1, 0.15) is 43.1 Å². The number of urea groups is 1. The third-order valence-electron chi connectivity index (χ3n) is 21.3. The van der Waals surface area contributed by atoms with Crippen molar-refractivity contribution in [3.05, 3.63) is 125 Å². The standard InChI is InChI=1S/C86H125N11O23/c1-13-55(6)76(69(112-11)49-72(100)97-40-22-30-68(97)78(113-12)56(7)79(104)91-57(8)77(103)59-23-15-14-16-24-59)95(9)82(107)74(53(2)3)94-81(106)75(54(4)5)96(10)86(111)119-51-58-31-33-60(34-32-58)120-83(108)67(29-21-38-88-84(87)109)93-71(99)50-90-80(105)66(35-36-73(101)102)92-70(98)37-41-114-43-45-116-47-48-117-46-44-115-42-39-89-85(110)118-52-65-63-27-19-17-25-61(63)62-26-18-20-28-64(62)65/h14-20,23-28,31-34,53-57,65-69,74-78,103H,13,21-22,29-30,35-52H2,1-12H3,(H,89,110)(H,90,105)(H,91,104)(H,92,98)(H,93,99)(H,94,106)(H,101,102)(H3,87,88,109)/t55-,56+,57+,66-,67-,68-,69+,74-,75-,76-,77+,78+/m0/s1. The molecule has 4 aromatic carbocycles. The number of likely N-dealkylation sites (N-methyl/N-ethyl adjacent to an activating group) is 2. The summed E-state index contributed by atoms with van der Waals surface area (Å²) in [6.45, 7) is 15.8.